The van der Waals surface area contributed by atoms with Crippen molar-refractivity contribution in [1.82, 2.24) is 9.97 Å². The van der Waals surface area contributed by atoms with Crippen LogP contribution in [0.1, 0.15) is 17.5 Å². The minimum Gasteiger partial charge on any atom is -0.497 e. The van der Waals surface area contributed by atoms with Gasteiger partial charge in [0.1, 0.15) is 5.75 Å². The predicted molar refractivity (Wildman–Crippen MR) is 138 cm³/mol. The topological polar surface area (TPSA) is 53.5 Å². The minimum atomic E-state index is 0.184. The fourth-order valence-corrected chi connectivity index (χ4v) is 7.70. The summed E-state index contributed by atoms with van der Waals surface area (Å²) in [5.41, 5.74) is 2.52. The molecule has 1 unspecified atom stereocenters. The van der Waals surface area contributed by atoms with Gasteiger partial charge in [-0.25, -0.2) is 4.98 Å². The van der Waals surface area contributed by atoms with E-state index in [1.165, 1.54) is 5.56 Å². The summed E-state index contributed by atoms with van der Waals surface area (Å²) in [6.45, 7) is 0.599. The average Bonchev–Trinajstić information content (AvgIpc) is 3.28. The monoisotopic (exact) mass is 500 g/mol. The van der Waals surface area contributed by atoms with Crippen molar-refractivity contribution in [3.8, 4) is 11.6 Å². The van der Waals surface area contributed by atoms with E-state index in [0.29, 0.717) is 22.3 Å². The van der Waals surface area contributed by atoms with E-state index in [4.69, 9.17) is 14.2 Å². The minimum absolute atomic E-state index is 0.184. The first kappa shape index (κ1) is 24.3. The van der Waals surface area contributed by atoms with Gasteiger partial charge in [0.2, 0.25) is 5.88 Å². The number of thioether (sulfide) groups is 3. The summed E-state index contributed by atoms with van der Waals surface area (Å²) in [5, 5.41) is 1.11. The molecule has 0 N–H and O–H groups in total. The van der Waals surface area contributed by atoms with E-state index < -0.39 is 0 Å². The molecule has 0 spiro atoms. The van der Waals surface area contributed by atoms with Crippen molar-refractivity contribution in [2.45, 2.75) is 39.9 Å². The number of hydrogen-bond acceptors (Lipinski definition) is 8. The van der Waals surface area contributed by atoms with E-state index in [2.05, 4.69) is 52.4 Å². The molecule has 8 heteroatoms. The molecule has 3 aromatic rings. The summed E-state index contributed by atoms with van der Waals surface area (Å²) in [6.07, 6.45) is 2.96. The van der Waals surface area contributed by atoms with Crippen LogP contribution in [0.3, 0.4) is 0 Å². The number of hydrogen-bond donors (Lipinski definition) is 0. The van der Waals surface area contributed by atoms with Gasteiger partial charge in [-0.15, -0.1) is 23.5 Å². The molecule has 0 bridgehead atoms. The Labute approximate surface area is 208 Å². The van der Waals surface area contributed by atoms with Gasteiger partial charge in [0, 0.05) is 29.0 Å². The Morgan fingerprint density at radius 1 is 0.970 bits per heavy atom. The molecule has 4 rings (SSSR count). The molecule has 1 fully saturated rings. The average molecular weight is 501 g/mol. The quantitative estimate of drug-likeness (QED) is 0.237. The third-order valence-corrected chi connectivity index (χ3v) is 9.57. The second-order valence-corrected chi connectivity index (χ2v) is 11.4. The molecule has 1 aromatic heterocycles. The normalized spacial score (nSPS) is 20.0. The summed E-state index contributed by atoms with van der Waals surface area (Å²) in [5.74, 6) is 3.37. The van der Waals surface area contributed by atoms with Gasteiger partial charge in [0.05, 0.1) is 31.5 Å². The van der Waals surface area contributed by atoms with E-state index >= 15 is 0 Å². The van der Waals surface area contributed by atoms with E-state index in [1.807, 2.05) is 35.7 Å². The maximum atomic E-state index is 6.44. The number of ether oxygens (including phenoxy) is 3. The van der Waals surface area contributed by atoms with E-state index in [9.17, 15) is 0 Å². The van der Waals surface area contributed by atoms with Crippen LogP contribution in [0.25, 0.3) is 0 Å². The van der Waals surface area contributed by atoms with Crippen molar-refractivity contribution in [3.05, 3.63) is 78.0 Å². The van der Waals surface area contributed by atoms with Gasteiger partial charge < -0.3 is 14.2 Å². The first-order valence-corrected chi connectivity index (χ1v) is 13.8. The highest BCUT2D eigenvalue weighted by atomic mass is 32.2. The van der Waals surface area contributed by atoms with Crippen LogP contribution in [0.5, 0.6) is 11.6 Å². The lowest BCUT2D eigenvalue weighted by molar-refractivity contribution is 0.0444. The lowest BCUT2D eigenvalue weighted by atomic mass is 10.2. The lowest BCUT2D eigenvalue weighted by Crippen LogP contribution is -2.23. The standard InChI is InChI=1S/C25H28N2O3S3/c1-28-20-10-8-18(9-11-20)15-30-21-14-24(31-16-19-6-4-3-5-7-19)33-22(21)17-32-25-26-13-12-23(27-25)29-2/h3-13,21-22,24H,14-17H2,1-2H3/t21-,22+,24?/m0/s1. The van der Waals surface area contributed by atoms with Gasteiger partial charge in [-0.05, 0) is 29.7 Å². The molecule has 3 atom stereocenters. The lowest BCUT2D eigenvalue weighted by Gasteiger charge is -2.19. The highest BCUT2D eigenvalue weighted by molar-refractivity contribution is 8.17. The van der Waals surface area contributed by atoms with Crippen LogP contribution in [0, 0.1) is 0 Å². The van der Waals surface area contributed by atoms with Crippen LogP contribution in [-0.4, -0.2) is 45.9 Å². The summed E-state index contributed by atoms with van der Waals surface area (Å²) < 4.78 is 17.4. The summed E-state index contributed by atoms with van der Waals surface area (Å²) in [7, 11) is 3.31. The first-order valence-electron chi connectivity index (χ1n) is 10.8. The van der Waals surface area contributed by atoms with Gasteiger partial charge in [0.25, 0.3) is 0 Å². The van der Waals surface area contributed by atoms with Crippen LogP contribution in [0.4, 0.5) is 0 Å². The molecule has 0 saturated carbocycles. The molecule has 0 radical (unpaired) electrons. The molecule has 1 aliphatic heterocycles. The fraction of sp³-hybridized carbons (Fsp3) is 0.360. The van der Waals surface area contributed by atoms with Gasteiger partial charge in [-0.3, -0.25) is 0 Å². The number of rotatable bonds is 11. The molecule has 0 aliphatic carbocycles. The Balaban J connectivity index is 1.36. The zero-order chi connectivity index (χ0) is 22.9. The maximum absolute atomic E-state index is 6.44. The molecular formula is C25H28N2O3S3. The fourth-order valence-electron chi connectivity index (χ4n) is 3.46. The summed E-state index contributed by atoms with van der Waals surface area (Å²) in [4.78, 5) is 8.83. The van der Waals surface area contributed by atoms with Crippen LogP contribution in [-0.2, 0) is 17.1 Å². The zero-order valence-corrected chi connectivity index (χ0v) is 21.2. The molecule has 1 saturated heterocycles. The molecule has 1 aliphatic rings. The Bertz CT molecular complexity index is 992. The second kappa shape index (κ2) is 12.6. The number of nitrogens with zero attached hydrogens (tertiary/aromatic N) is 2. The van der Waals surface area contributed by atoms with Crippen molar-refractivity contribution in [3.63, 3.8) is 0 Å². The van der Waals surface area contributed by atoms with Gasteiger partial charge in [-0.1, -0.05) is 54.2 Å². The maximum Gasteiger partial charge on any atom is 0.216 e. The number of aromatic nitrogens is 2. The Morgan fingerprint density at radius 3 is 2.55 bits per heavy atom. The molecule has 2 aromatic carbocycles. The molecule has 0 amide bonds. The van der Waals surface area contributed by atoms with E-state index in [1.54, 1.807) is 38.2 Å². The van der Waals surface area contributed by atoms with Crippen LogP contribution in [0.15, 0.2) is 72.0 Å². The SMILES string of the molecule is COc1ccc(CO[C@H]2CC(SCc3ccccc3)S[C@@H]2CSc2nccc(OC)n2)cc1. The molecule has 5 nitrogen and oxygen atoms in total. The van der Waals surface area contributed by atoms with Crippen molar-refractivity contribution in [2.24, 2.45) is 0 Å². The third kappa shape index (κ3) is 7.30. The number of benzene rings is 2. The van der Waals surface area contributed by atoms with Gasteiger partial charge >= 0.3 is 0 Å². The van der Waals surface area contributed by atoms with Crippen molar-refractivity contribution in [1.29, 1.82) is 0 Å². The summed E-state index contributed by atoms with van der Waals surface area (Å²) in [6, 6.07) is 20.5. The van der Waals surface area contributed by atoms with Crippen molar-refractivity contribution >= 4 is 35.3 Å². The molecule has 2 heterocycles. The Kier molecular flexibility index (Phi) is 9.23. The summed E-state index contributed by atoms with van der Waals surface area (Å²) >= 11 is 5.69. The Morgan fingerprint density at radius 2 is 1.79 bits per heavy atom. The zero-order valence-electron chi connectivity index (χ0n) is 18.8. The third-order valence-electron chi connectivity index (χ3n) is 5.26. The van der Waals surface area contributed by atoms with Crippen LogP contribution >= 0.6 is 35.3 Å². The number of methoxy groups -OCH3 is 2. The van der Waals surface area contributed by atoms with Gasteiger partial charge in [-0.2, -0.15) is 4.98 Å². The van der Waals surface area contributed by atoms with Crippen LogP contribution in [0.2, 0.25) is 0 Å². The molecular weight excluding hydrogens is 472 g/mol. The Hall–Kier alpha value is -1.87. The van der Waals surface area contributed by atoms with E-state index in [0.717, 1.165) is 34.4 Å². The molecule has 174 valence electrons. The van der Waals surface area contributed by atoms with Crippen molar-refractivity contribution < 1.29 is 14.2 Å². The van der Waals surface area contributed by atoms with Crippen LogP contribution < -0.4 is 9.47 Å². The predicted octanol–water partition coefficient (Wildman–Crippen LogP) is 5.94. The molecule has 33 heavy (non-hydrogen) atoms. The highest BCUT2D eigenvalue weighted by Crippen LogP contribution is 2.44. The second-order valence-electron chi connectivity index (χ2n) is 7.53. The smallest absolute Gasteiger partial charge is 0.216 e. The van der Waals surface area contributed by atoms with E-state index in [-0.39, 0.29) is 6.10 Å². The largest absolute Gasteiger partial charge is 0.497 e. The first-order chi connectivity index (χ1) is 16.2. The van der Waals surface area contributed by atoms with Crippen molar-refractivity contribution in [2.75, 3.05) is 20.0 Å². The van der Waals surface area contributed by atoms with Gasteiger partial charge in [0.15, 0.2) is 5.16 Å². The highest BCUT2D eigenvalue weighted by Gasteiger charge is 2.36.